The fraction of sp³-hybridized carbons (Fsp3) is 0.409. The first-order valence-corrected chi connectivity index (χ1v) is 9.45. The van der Waals surface area contributed by atoms with E-state index in [2.05, 4.69) is 78.9 Å². The van der Waals surface area contributed by atoms with Crippen LogP contribution in [0.15, 0.2) is 48.5 Å². The molecule has 1 unspecified atom stereocenters. The summed E-state index contributed by atoms with van der Waals surface area (Å²) < 4.78 is 0. The number of benzene rings is 2. The first-order valence-electron chi connectivity index (χ1n) is 9.45. The highest BCUT2D eigenvalue weighted by Crippen LogP contribution is 2.31. The summed E-state index contributed by atoms with van der Waals surface area (Å²) in [6.07, 6.45) is 2.02. The quantitative estimate of drug-likeness (QED) is 0.870. The number of urea groups is 1. The van der Waals surface area contributed by atoms with Crippen molar-refractivity contribution in [3.63, 3.8) is 0 Å². The van der Waals surface area contributed by atoms with Crippen LogP contribution in [0.25, 0.3) is 11.1 Å². The molecule has 26 heavy (non-hydrogen) atoms. The fourth-order valence-electron chi connectivity index (χ4n) is 3.70. The molecule has 2 N–H and O–H groups in total. The van der Waals surface area contributed by atoms with E-state index in [0.29, 0.717) is 0 Å². The number of likely N-dealkylation sites (tertiary alicyclic amines) is 1. The van der Waals surface area contributed by atoms with E-state index in [0.717, 1.165) is 31.5 Å². The summed E-state index contributed by atoms with van der Waals surface area (Å²) in [5.74, 6) is 0. The van der Waals surface area contributed by atoms with Crippen LogP contribution in [0, 0.1) is 6.92 Å². The Morgan fingerprint density at radius 1 is 1.08 bits per heavy atom. The highest BCUT2D eigenvalue weighted by atomic mass is 16.2. The van der Waals surface area contributed by atoms with Gasteiger partial charge < -0.3 is 15.5 Å². The van der Waals surface area contributed by atoms with Crippen molar-refractivity contribution >= 4 is 6.03 Å². The molecule has 2 amide bonds. The Labute approximate surface area is 156 Å². The standard InChI is InChI=1S/C22H29N3O/c1-16-8-7-11-20(21(16)18-9-5-4-6-10-18)17(2)23-22(26)24-19-12-14-25(3)15-13-19/h4-11,17,19H,12-15H2,1-3H3,(H2,23,24,26). The smallest absolute Gasteiger partial charge is 0.315 e. The van der Waals surface area contributed by atoms with Crippen molar-refractivity contribution in [2.75, 3.05) is 20.1 Å². The van der Waals surface area contributed by atoms with Crippen LogP contribution in [-0.2, 0) is 0 Å². The molecule has 1 atom stereocenters. The molecule has 0 radical (unpaired) electrons. The summed E-state index contributed by atoms with van der Waals surface area (Å²) in [5, 5.41) is 6.27. The Hall–Kier alpha value is -2.33. The van der Waals surface area contributed by atoms with Gasteiger partial charge in [0.25, 0.3) is 0 Å². The number of nitrogens with one attached hydrogen (secondary N) is 2. The Morgan fingerprint density at radius 2 is 1.77 bits per heavy atom. The predicted octanol–water partition coefficient (Wildman–Crippen LogP) is 4.12. The summed E-state index contributed by atoms with van der Waals surface area (Å²) in [6.45, 7) is 6.25. The van der Waals surface area contributed by atoms with E-state index in [-0.39, 0.29) is 18.1 Å². The molecule has 1 saturated heterocycles. The van der Waals surface area contributed by atoms with Gasteiger partial charge in [-0.2, -0.15) is 0 Å². The maximum Gasteiger partial charge on any atom is 0.315 e. The number of nitrogens with zero attached hydrogens (tertiary/aromatic N) is 1. The minimum absolute atomic E-state index is 0.0589. The van der Waals surface area contributed by atoms with Crippen molar-refractivity contribution in [3.05, 3.63) is 59.7 Å². The number of hydrogen-bond donors (Lipinski definition) is 2. The van der Waals surface area contributed by atoms with Crippen molar-refractivity contribution in [2.24, 2.45) is 0 Å². The van der Waals surface area contributed by atoms with Gasteiger partial charge in [0.05, 0.1) is 6.04 Å². The zero-order valence-corrected chi connectivity index (χ0v) is 16.0. The van der Waals surface area contributed by atoms with Crippen LogP contribution >= 0.6 is 0 Å². The van der Waals surface area contributed by atoms with Gasteiger partial charge in [0.2, 0.25) is 0 Å². The molecule has 4 nitrogen and oxygen atoms in total. The van der Waals surface area contributed by atoms with Crippen LogP contribution in [0.2, 0.25) is 0 Å². The second-order valence-electron chi connectivity index (χ2n) is 7.32. The lowest BCUT2D eigenvalue weighted by Gasteiger charge is -2.30. The second-order valence-corrected chi connectivity index (χ2v) is 7.32. The summed E-state index contributed by atoms with van der Waals surface area (Å²) >= 11 is 0. The third-order valence-electron chi connectivity index (χ3n) is 5.24. The van der Waals surface area contributed by atoms with Crippen LogP contribution < -0.4 is 10.6 Å². The SMILES string of the molecule is Cc1cccc(C(C)NC(=O)NC2CCN(C)CC2)c1-c1ccccc1. The van der Waals surface area contributed by atoms with E-state index in [9.17, 15) is 4.79 Å². The van der Waals surface area contributed by atoms with Crippen molar-refractivity contribution in [1.82, 2.24) is 15.5 Å². The van der Waals surface area contributed by atoms with E-state index in [1.807, 2.05) is 6.07 Å². The zero-order valence-electron chi connectivity index (χ0n) is 16.0. The molecule has 0 spiro atoms. The molecule has 3 rings (SSSR count). The first-order chi connectivity index (χ1) is 12.5. The highest BCUT2D eigenvalue weighted by Gasteiger charge is 2.20. The average Bonchev–Trinajstić information content (AvgIpc) is 2.64. The van der Waals surface area contributed by atoms with Gasteiger partial charge >= 0.3 is 6.03 Å². The van der Waals surface area contributed by atoms with E-state index in [1.54, 1.807) is 0 Å². The number of aryl methyl sites for hydroxylation is 1. The topological polar surface area (TPSA) is 44.4 Å². The molecule has 1 aliphatic rings. The van der Waals surface area contributed by atoms with Gasteiger partial charge in [-0.15, -0.1) is 0 Å². The molecule has 0 saturated carbocycles. The van der Waals surface area contributed by atoms with Crippen molar-refractivity contribution < 1.29 is 4.79 Å². The summed E-state index contributed by atoms with van der Waals surface area (Å²) in [6, 6.07) is 16.8. The Balaban J connectivity index is 1.71. The number of rotatable bonds is 4. The highest BCUT2D eigenvalue weighted by molar-refractivity contribution is 5.76. The van der Waals surface area contributed by atoms with Crippen LogP contribution in [0.3, 0.4) is 0 Å². The lowest BCUT2D eigenvalue weighted by Crippen LogP contribution is -2.47. The summed E-state index contributed by atoms with van der Waals surface area (Å²) in [7, 11) is 2.13. The molecule has 138 valence electrons. The maximum absolute atomic E-state index is 12.5. The largest absolute Gasteiger partial charge is 0.335 e. The lowest BCUT2D eigenvalue weighted by molar-refractivity contribution is 0.212. The average molecular weight is 351 g/mol. The summed E-state index contributed by atoms with van der Waals surface area (Å²) in [5.41, 5.74) is 4.76. The summed E-state index contributed by atoms with van der Waals surface area (Å²) in [4.78, 5) is 14.8. The minimum atomic E-state index is -0.0763. The van der Waals surface area contributed by atoms with Gasteiger partial charge in [0.1, 0.15) is 0 Å². The van der Waals surface area contributed by atoms with Crippen molar-refractivity contribution in [2.45, 2.75) is 38.8 Å². The first kappa shape index (κ1) is 18.5. The number of piperidine rings is 1. The van der Waals surface area contributed by atoms with E-state index < -0.39 is 0 Å². The molecule has 2 aromatic carbocycles. The predicted molar refractivity (Wildman–Crippen MR) is 107 cm³/mol. The van der Waals surface area contributed by atoms with E-state index in [4.69, 9.17) is 0 Å². The number of carbonyl (C=O) groups is 1. The van der Waals surface area contributed by atoms with E-state index >= 15 is 0 Å². The molecule has 0 aromatic heterocycles. The third-order valence-corrected chi connectivity index (χ3v) is 5.24. The molecule has 2 aromatic rings. The second kappa shape index (κ2) is 8.37. The maximum atomic E-state index is 12.5. The van der Waals surface area contributed by atoms with E-state index in [1.165, 1.54) is 16.7 Å². The molecule has 1 fully saturated rings. The van der Waals surface area contributed by atoms with Gasteiger partial charge in [0.15, 0.2) is 0 Å². The lowest BCUT2D eigenvalue weighted by atomic mass is 9.92. The Morgan fingerprint density at radius 3 is 2.46 bits per heavy atom. The molecule has 1 aliphatic heterocycles. The molecule has 0 bridgehead atoms. The van der Waals surface area contributed by atoms with Crippen molar-refractivity contribution in [1.29, 1.82) is 0 Å². The zero-order chi connectivity index (χ0) is 18.5. The van der Waals surface area contributed by atoms with Gasteiger partial charge in [-0.25, -0.2) is 4.79 Å². The number of carbonyl (C=O) groups excluding carboxylic acids is 1. The monoisotopic (exact) mass is 351 g/mol. The Kier molecular flexibility index (Phi) is 5.94. The van der Waals surface area contributed by atoms with Crippen LogP contribution in [0.5, 0.6) is 0 Å². The Bertz CT molecular complexity index is 736. The van der Waals surface area contributed by atoms with Gasteiger partial charge in [-0.05, 0) is 69.1 Å². The minimum Gasteiger partial charge on any atom is -0.335 e. The molecule has 4 heteroatoms. The fourth-order valence-corrected chi connectivity index (χ4v) is 3.70. The van der Waals surface area contributed by atoms with Crippen molar-refractivity contribution in [3.8, 4) is 11.1 Å². The number of amides is 2. The molecular formula is C22H29N3O. The number of hydrogen-bond acceptors (Lipinski definition) is 2. The molecule has 1 heterocycles. The van der Waals surface area contributed by atoms with Gasteiger partial charge in [0, 0.05) is 6.04 Å². The molecule has 0 aliphatic carbocycles. The van der Waals surface area contributed by atoms with Gasteiger partial charge in [-0.3, -0.25) is 0 Å². The third kappa shape index (κ3) is 4.44. The van der Waals surface area contributed by atoms with Crippen LogP contribution in [-0.4, -0.2) is 37.1 Å². The van der Waals surface area contributed by atoms with Gasteiger partial charge in [-0.1, -0.05) is 48.5 Å². The van der Waals surface area contributed by atoms with Crippen LogP contribution in [0.1, 0.15) is 36.9 Å². The normalized spacial score (nSPS) is 16.9. The molecular weight excluding hydrogens is 322 g/mol. The van der Waals surface area contributed by atoms with Crippen LogP contribution in [0.4, 0.5) is 4.79 Å².